The van der Waals surface area contributed by atoms with E-state index in [9.17, 15) is 43.2 Å². The fourth-order valence-electron chi connectivity index (χ4n) is 9.16. The molecule has 0 aliphatic heterocycles. The van der Waals surface area contributed by atoms with Gasteiger partial charge in [0.05, 0.1) is 26.4 Å². The molecule has 0 aliphatic carbocycles. The lowest BCUT2D eigenvalue weighted by Gasteiger charge is -2.21. The van der Waals surface area contributed by atoms with E-state index in [0.717, 1.165) is 154 Å². The maximum absolute atomic E-state index is 13.1. The molecule has 19 heteroatoms. The smallest absolute Gasteiger partial charge is 0.462 e. The van der Waals surface area contributed by atoms with E-state index in [-0.39, 0.29) is 25.7 Å². The topological polar surface area (TPSA) is 237 Å². The molecule has 3 N–H and O–H groups in total. The summed E-state index contributed by atoms with van der Waals surface area (Å²) < 4.78 is 68.3. The van der Waals surface area contributed by atoms with Gasteiger partial charge in [0.1, 0.15) is 19.3 Å². The number of esters is 4. The van der Waals surface area contributed by atoms with Crippen molar-refractivity contribution in [2.45, 2.75) is 290 Å². The number of aliphatic hydroxyl groups excluding tert-OH is 1. The summed E-state index contributed by atoms with van der Waals surface area (Å²) in [4.78, 5) is 72.7. The first-order chi connectivity index (χ1) is 47.7. The standard InChI is InChI=1S/C79H130O17P2/c1-5-9-13-17-21-25-29-33-35-36-38-41-44-48-52-56-60-64-77(82)90-70-75(96-79(84)66-62-58-54-50-46-42-37-34-30-26-22-18-14-10-6-2)72-94-98(87,88)92-68-73(80)67-91-97(85,86)93-71-74(95-78(83)65-61-57-53-49-45-40-32-28-24-20-16-12-8-4)69-89-76(81)63-59-55-51-47-43-39-31-27-23-19-15-11-7-3/h9-10,13-15,19,21-22,25-28,31-35,37-38,41,46,48,50,52,73-75,80H,5-8,11-12,16-18,20,23-24,29-30,36,39-40,42-45,47,49,51,53-72H2,1-4H3,(H,85,86)(H,87,88)/b13-9-,14-10-,19-15-,25-21-,26-22-,31-27-,32-28-,35-33-,37-34-,41-38-,50-46-,52-48-. The van der Waals surface area contributed by atoms with E-state index in [1.54, 1.807) is 0 Å². The predicted octanol–water partition coefficient (Wildman–Crippen LogP) is 21.1. The Balaban J connectivity index is 5.46. The molecule has 0 heterocycles. The molecule has 0 amide bonds. The summed E-state index contributed by atoms with van der Waals surface area (Å²) in [5, 5.41) is 10.6. The van der Waals surface area contributed by atoms with Gasteiger partial charge in [-0.1, -0.05) is 238 Å². The fourth-order valence-corrected chi connectivity index (χ4v) is 10.7. The van der Waals surface area contributed by atoms with Gasteiger partial charge in [-0.25, -0.2) is 9.13 Å². The fraction of sp³-hybridized carbons (Fsp3) is 0.646. The van der Waals surface area contributed by atoms with Crippen molar-refractivity contribution >= 4 is 39.5 Å². The Hall–Kier alpha value is -5.06. The van der Waals surface area contributed by atoms with Crippen LogP contribution in [0.1, 0.15) is 272 Å². The molecule has 0 radical (unpaired) electrons. The van der Waals surface area contributed by atoms with Crippen LogP contribution in [0.15, 0.2) is 146 Å². The van der Waals surface area contributed by atoms with Crippen LogP contribution in [0.5, 0.6) is 0 Å². The quantitative estimate of drug-likeness (QED) is 0.0169. The molecule has 17 nitrogen and oxygen atoms in total. The molecule has 0 bridgehead atoms. The maximum Gasteiger partial charge on any atom is 0.472 e. The van der Waals surface area contributed by atoms with Crippen LogP contribution in [-0.4, -0.2) is 96.7 Å². The van der Waals surface area contributed by atoms with Gasteiger partial charge in [-0.15, -0.1) is 0 Å². The SMILES string of the molecule is CC/C=C\C/C=C\C/C=C\C/C=C\C/C=C\CCCC(=O)OCC(COP(=O)(O)OCC(O)COP(=O)(O)OCC(COC(=O)CCCCCCC/C=C\C/C=C\CCC)OC(=O)CCCCCCC/C=C\CCCCCC)OC(=O)CCCC/C=C\C/C=C\C/C=C\C/C=C\CC. The largest absolute Gasteiger partial charge is 0.472 e. The van der Waals surface area contributed by atoms with Crippen molar-refractivity contribution in [3.63, 3.8) is 0 Å². The third kappa shape index (κ3) is 69.4. The minimum absolute atomic E-state index is 0.0254. The Morgan fingerprint density at radius 2 is 0.561 bits per heavy atom. The number of carbonyl (C=O) groups excluding carboxylic acids is 4. The number of unbranched alkanes of at least 4 members (excludes halogenated alkanes) is 18. The highest BCUT2D eigenvalue weighted by Gasteiger charge is 2.30. The first-order valence-electron chi connectivity index (χ1n) is 37.1. The van der Waals surface area contributed by atoms with Gasteiger partial charge in [0.15, 0.2) is 12.2 Å². The molecule has 558 valence electrons. The Labute approximate surface area is 592 Å². The van der Waals surface area contributed by atoms with Crippen LogP contribution in [0, 0.1) is 0 Å². The number of hydrogen-bond donors (Lipinski definition) is 3. The Bertz CT molecular complexity index is 2430. The van der Waals surface area contributed by atoms with Crippen molar-refractivity contribution in [2.75, 3.05) is 39.6 Å². The van der Waals surface area contributed by atoms with E-state index in [1.165, 1.54) is 25.7 Å². The summed E-state index contributed by atoms with van der Waals surface area (Å²) in [6, 6.07) is 0. The monoisotopic (exact) mass is 1410 g/mol. The van der Waals surface area contributed by atoms with E-state index in [4.69, 9.17) is 37.0 Å². The van der Waals surface area contributed by atoms with Crippen LogP contribution in [0.3, 0.4) is 0 Å². The molecule has 0 fully saturated rings. The normalized spacial score (nSPS) is 14.8. The van der Waals surface area contributed by atoms with E-state index in [1.807, 2.05) is 12.2 Å². The number of phosphoric acid groups is 2. The third-order valence-electron chi connectivity index (χ3n) is 14.7. The lowest BCUT2D eigenvalue weighted by atomic mass is 10.1. The highest BCUT2D eigenvalue weighted by atomic mass is 31.2. The Kier molecular flexibility index (Phi) is 66.7. The summed E-state index contributed by atoms with van der Waals surface area (Å²) in [6.07, 6.45) is 78.6. The van der Waals surface area contributed by atoms with Gasteiger partial charge in [0.2, 0.25) is 0 Å². The molecular weight excluding hydrogens is 1280 g/mol. The van der Waals surface area contributed by atoms with Crippen LogP contribution in [-0.2, 0) is 65.4 Å². The average molecular weight is 1410 g/mol. The van der Waals surface area contributed by atoms with Gasteiger partial charge < -0.3 is 33.8 Å². The number of phosphoric ester groups is 2. The zero-order chi connectivity index (χ0) is 71.8. The molecule has 0 aromatic rings. The molecule has 0 aromatic heterocycles. The second-order valence-corrected chi connectivity index (χ2v) is 27.0. The van der Waals surface area contributed by atoms with E-state index >= 15 is 0 Å². The molecule has 98 heavy (non-hydrogen) atoms. The molecule has 0 aromatic carbocycles. The highest BCUT2D eigenvalue weighted by Crippen LogP contribution is 2.45. The van der Waals surface area contributed by atoms with Crippen LogP contribution in [0.2, 0.25) is 0 Å². The van der Waals surface area contributed by atoms with Crippen LogP contribution in [0.25, 0.3) is 0 Å². The summed E-state index contributed by atoms with van der Waals surface area (Å²) >= 11 is 0. The molecule has 0 spiro atoms. The number of rotatable bonds is 68. The Morgan fingerprint density at radius 1 is 0.296 bits per heavy atom. The van der Waals surface area contributed by atoms with Crippen molar-refractivity contribution in [3.05, 3.63) is 146 Å². The van der Waals surface area contributed by atoms with Crippen molar-refractivity contribution < 1.29 is 80.2 Å². The molecule has 0 rings (SSSR count). The lowest BCUT2D eigenvalue weighted by molar-refractivity contribution is -0.161. The number of ether oxygens (including phenoxy) is 4. The summed E-state index contributed by atoms with van der Waals surface area (Å²) in [5.74, 6) is -2.33. The van der Waals surface area contributed by atoms with Crippen molar-refractivity contribution in [2.24, 2.45) is 0 Å². The summed E-state index contributed by atoms with van der Waals surface area (Å²) in [7, 11) is -9.99. The molecule has 0 saturated heterocycles. The van der Waals surface area contributed by atoms with E-state index in [2.05, 4.69) is 161 Å². The number of aliphatic hydroxyl groups is 1. The molecule has 0 saturated carbocycles. The molecular formula is C79H130O17P2. The molecule has 0 aliphatic rings. The predicted molar refractivity (Wildman–Crippen MR) is 399 cm³/mol. The van der Waals surface area contributed by atoms with Gasteiger partial charge in [-0.2, -0.15) is 0 Å². The van der Waals surface area contributed by atoms with Crippen molar-refractivity contribution in [1.82, 2.24) is 0 Å². The minimum atomic E-state index is -5.00. The van der Waals surface area contributed by atoms with Gasteiger partial charge in [-0.3, -0.25) is 37.3 Å². The minimum Gasteiger partial charge on any atom is -0.462 e. The second kappa shape index (κ2) is 70.4. The van der Waals surface area contributed by atoms with Crippen molar-refractivity contribution in [1.29, 1.82) is 0 Å². The van der Waals surface area contributed by atoms with E-state index < -0.39 is 97.5 Å². The lowest BCUT2D eigenvalue weighted by Crippen LogP contribution is -2.30. The first-order valence-corrected chi connectivity index (χ1v) is 40.1. The first kappa shape index (κ1) is 92.9. The zero-order valence-corrected chi connectivity index (χ0v) is 62.4. The summed E-state index contributed by atoms with van der Waals surface area (Å²) in [6.45, 7) is 4.40. The number of carbonyl (C=O) groups is 4. The Morgan fingerprint density at radius 3 is 0.929 bits per heavy atom. The average Bonchev–Trinajstić information content (AvgIpc) is 1.05. The number of allylic oxidation sites excluding steroid dienone is 24. The van der Waals surface area contributed by atoms with Gasteiger partial charge in [0.25, 0.3) is 0 Å². The van der Waals surface area contributed by atoms with Gasteiger partial charge in [-0.05, 0) is 154 Å². The third-order valence-corrected chi connectivity index (χ3v) is 16.7. The van der Waals surface area contributed by atoms with Crippen molar-refractivity contribution in [3.8, 4) is 0 Å². The number of hydrogen-bond acceptors (Lipinski definition) is 15. The zero-order valence-electron chi connectivity index (χ0n) is 60.7. The van der Waals surface area contributed by atoms with E-state index in [0.29, 0.717) is 38.5 Å². The highest BCUT2D eigenvalue weighted by molar-refractivity contribution is 7.47. The van der Waals surface area contributed by atoms with Crippen LogP contribution >= 0.6 is 15.6 Å². The van der Waals surface area contributed by atoms with Crippen LogP contribution in [0.4, 0.5) is 0 Å². The van der Waals surface area contributed by atoms with Gasteiger partial charge in [0, 0.05) is 25.7 Å². The molecule has 5 unspecified atom stereocenters. The molecule has 5 atom stereocenters. The van der Waals surface area contributed by atoms with Crippen LogP contribution < -0.4 is 0 Å². The second-order valence-electron chi connectivity index (χ2n) is 24.1. The summed E-state index contributed by atoms with van der Waals surface area (Å²) in [5.41, 5.74) is 0. The van der Waals surface area contributed by atoms with Gasteiger partial charge >= 0.3 is 39.5 Å². The maximum atomic E-state index is 13.1.